The lowest BCUT2D eigenvalue weighted by atomic mass is 9.85. The molecule has 0 saturated heterocycles. The van der Waals surface area contributed by atoms with Gasteiger partial charge in [-0.25, -0.2) is 0 Å². The number of fused-ring (bicyclic) bond motifs is 1. The third-order valence-corrected chi connectivity index (χ3v) is 4.59. The van der Waals surface area contributed by atoms with Gasteiger partial charge in [0.1, 0.15) is 0 Å². The summed E-state index contributed by atoms with van der Waals surface area (Å²) in [6.45, 7) is 0. The average molecular weight is 311 g/mol. The number of aliphatic hydroxyl groups excluding tert-OH is 1. The molecular weight excluding hydrogens is 288 g/mol. The highest BCUT2D eigenvalue weighted by atomic mass is 35.5. The lowest BCUT2D eigenvalue weighted by Crippen LogP contribution is -2.41. The Morgan fingerprint density at radius 1 is 1.29 bits per heavy atom. The second-order valence-electron chi connectivity index (χ2n) is 6.08. The molecule has 0 spiro atoms. The molecule has 4 N–H and O–H groups in total. The molecule has 4 atom stereocenters. The van der Waals surface area contributed by atoms with E-state index in [0.29, 0.717) is 6.42 Å². The highest BCUT2D eigenvalue weighted by molar-refractivity contribution is 5.85. The van der Waals surface area contributed by atoms with E-state index >= 15 is 0 Å². The fraction of sp³-hybridized carbons (Fsp3) is 0.562. The Labute approximate surface area is 131 Å². The highest BCUT2D eigenvalue weighted by Crippen LogP contribution is 2.32. The van der Waals surface area contributed by atoms with Gasteiger partial charge in [0.15, 0.2) is 0 Å². The van der Waals surface area contributed by atoms with Crippen molar-refractivity contribution in [2.75, 3.05) is 0 Å². The first-order valence-electron chi connectivity index (χ1n) is 7.47. The molecule has 0 heterocycles. The maximum Gasteiger partial charge on any atom is 0.223 e. The molecule has 1 aromatic carbocycles. The monoisotopic (exact) mass is 310 g/mol. The predicted octanol–water partition coefficient (Wildman–Crippen LogP) is 1.70. The Morgan fingerprint density at radius 2 is 2.05 bits per heavy atom. The zero-order valence-corrected chi connectivity index (χ0v) is 12.8. The summed E-state index contributed by atoms with van der Waals surface area (Å²) in [5.74, 6) is 0.0413. The first-order chi connectivity index (χ1) is 9.65. The summed E-state index contributed by atoms with van der Waals surface area (Å²) in [5, 5.41) is 13.2. The van der Waals surface area contributed by atoms with E-state index in [1.54, 1.807) is 0 Å². The Morgan fingerprint density at radius 3 is 2.81 bits per heavy atom. The molecular formula is C16H23ClN2O2. The van der Waals surface area contributed by atoms with Crippen LogP contribution in [0.15, 0.2) is 24.3 Å². The van der Waals surface area contributed by atoms with Gasteiger partial charge in [-0.05, 0) is 30.4 Å². The Balaban J connectivity index is 0.00000161. The third-order valence-electron chi connectivity index (χ3n) is 4.59. The molecule has 1 saturated carbocycles. The standard InChI is InChI=1S/C16H22N2O2.ClH/c17-12-6-3-5-11(8-12)16(20)18-15-13-7-2-1-4-10(13)9-14(15)19;/h1-2,4,7,11-12,14-15,19H,3,5-6,8-9,17H2,(H,18,20);1H/t11?,12?,14-,15+;/m0./s1. The first-order valence-corrected chi connectivity index (χ1v) is 7.47. The number of hydrogen-bond donors (Lipinski definition) is 3. The van der Waals surface area contributed by atoms with E-state index in [1.807, 2.05) is 24.3 Å². The summed E-state index contributed by atoms with van der Waals surface area (Å²) in [4.78, 5) is 12.4. The van der Waals surface area contributed by atoms with Crippen LogP contribution < -0.4 is 11.1 Å². The van der Waals surface area contributed by atoms with Gasteiger partial charge in [-0.1, -0.05) is 30.7 Å². The largest absolute Gasteiger partial charge is 0.390 e. The van der Waals surface area contributed by atoms with E-state index in [1.165, 1.54) is 0 Å². The second-order valence-corrected chi connectivity index (χ2v) is 6.08. The minimum absolute atomic E-state index is 0. The summed E-state index contributed by atoms with van der Waals surface area (Å²) < 4.78 is 0. The van der Waals surface area contributed by atoms with Gasteiger partial charge in [-0.3, -0.25) is 4.79 Å². The predicted molar refractivity (Wildman–Crippen MR) is 84.2 cm³/mol. The molecule has 116 valence electrons. The van der Waals surface area contributed by atoms with E-state index < -0.39 is 6.10 Å². The number of benzene rings is 1. The first kappa shape index (κ1) is 16.3. The summed E-state index contributed by atoms with van der Waals surface area (Å²) in [6, 6.07) is 7.80. The van der Waals surface area contributed by atoms with Crippen LogP contribution in [0.2, 0.25) is 0 Å². The minimum Gasteiger partial charge on any atom is -0.390 e. The van der Waals surface area contributed by atoms with Crippen molar-refractivity contribution in [1.29, 1.82) is 0 Å². The zero-order valence-electron chi connectivity index (χ0n) is 12.0. The maximum absolute atomic E-state index is 12.4. The van der Waals surface area contributed by atoms with E-state index in [0.717, 1.165) is 36.8 Å². The summed E-state index contributed by atoms with van der Waals surface area (Å²) in [5.41, 5.74) is 8.13. The topological polar surface area (TPSA) is 75.4 Å². The van der Waals surface area contributed by atoms with Crippen molar-refractivity contribution in [2.24, 2.45) is 11.7 Å². The molecule has 1 aromatic rings. The van der Waals surface area contributed by atoms with Crippen molar-refractivity contribution < 1.29 is 9.90 Å². The molecule has 3 rings (SSSR count). The van der Waals surface area contributed by atoms with Crippen molar-refractivity contribution >= 4 is 18.3 Å². The van der Waals surface area contributed by atoms with Gasteiger partial charge in [-0.2, -0.15) is 0 Å². The lowest BCUT2D eigenvalue weighted by Gasteiger charge is -2.28. The number of nitrogens with two attached hydrogens (primary N) is 1. The Kier molecular flexibility index (Phi) is 5.25. The van der Waals surface area contributed by atoms with Crippen LogP contribution >= 0.6 is 12.4 Å². The van der Waals surface area contributed by atoms with Crippen LogP contribution in [-0.4, -0.2) is 23.2 Å². The van der Waals surface area contributed by atoms with Gasteiger partial charge in [0.05, 0.1) is 12.1 Å². The number of rotatable bonds is 2. The highest BCUT2D eigenvalue weighted by Gasteiger charge is 2.34. The van der Waals surface area contributed by atoms with Crippen molar-refractivity contribution in [2.45, 2.75) is 50.3 Å². The van der Waals surface area contributed by atoms with Crippen molar-refractivity contribution in [3.8, 4) is 0 Å². The van der Waals surface area contributed by atoms with Gasteiger partial charge < -0.3 is 16.2 Å². The van der Waals surface area contributed by atoms with Gasteiger partial charge in [-0.15, -0.1) is 12.4 Å². The number of hydrogen-bond acceptors (Lipinski definition) is 3. The summed E-state index contributed by atoms with van der Waals surface area (Å²) in [7, 11) is 0. The fourth-order valence-corrected chi connectivity index (χ4v) is 3.48. The molecule has 0 bridgehead atoms. The number of nitrogens with one attached hydrogen (secondary N) is 1. The van der Waals surface area contributed by atoms with Gasteiger partial charge in [0.2, 0.25) is 5.91 Å². The van der Waals surface area contributed by atoms with E-state index in [9.17, 15) is 9.90 Å². The maximum atomic E-state index is 12.4. The number of aliphatic hydroxyl groups is 1. The quantitative estimate of drug-likeness (QED) is 0.778. The van der Waals surface area contributed by atoms with Crippen LogP contribution in [-0.2, 0) is 11.2 Å². The number of carbonyl (C=O) groups is 1. The molecule has 1 amide bonds. The van der Waals surface area contributed by atoms with Crippen LogP contribution in [0.25, 0.3) is 0 Å². The smallest absolute Gasteiger partial charge is 0.223 e. The SMILES string of the molecule is Cl.NC1CCCC(C(=O)N[C@@H]2c3ccccc3C[C@@H]2O)C1. The molecule has 2 aliphatic rings. The third kappa shape index (κ3) is 3.39. The molecule has 5 heteroatoms. The fourth-order valence-electron chi connectivity index (χ4n) is 3.48. The van der Waals surface area contributed by atoms with Crippen LogP contribution in [0.4, 0.5) is 0 Å². The summed E-state index contributed by atoms with van der Waals surface area (Å²) >= 11 is 0. The second kappa shape index (κ2) is 6.77. The van der Waals surface area contributed by atoms with Gasteiger partial charge in [0.25, 0.3) is 0 Å². The van der Waals surface area contributed by atoms with E-state index in [2.05, 4.69) is 5.32 Å². The van der Waals surface area contributed by atoms with Gasteiger partial charge in [0, 0.05) is 18.4 Å². The van der Waals surface area contributed by atoms with Crippen molar-refractivity contribution in [1.82, 2.24) is 5.32 Å². The lowest BCUT2D eigenvalue weighted by molar-refractivity contribution is -0.127. The molecule has 0 aliphatic heterocycles. The van der Waals surface area contributed by atoms with Crippen LogP contribution in [0.3, 0.4) is 0 Å². The van der Waals surface area contributed by atoms with E-state index in [4.69, 9.17) is 5.73 Å². The van der Waals surface area contributed by atoms with Crippen LogP contribution in [0.1, 0.15) is 42.9 Å². The van der Waals surface area contributed by atoms with Gasteiger partial charge >= 0.3 is 0 Å². The molecule has 1 fully saturated rings. The molecule has 0 radical (unpaired) electrons. The number of carbonyl (C=O) groups excluding carboxylic acids is 1. The van der Waals surface area contributed by atoms with Crippen molar-refractivity contribution in [3.05, 3.63) is 35.4 Å². The molecule has 21 heavy (non-hydrogen) atoms. The zero-order chi connectivity index (χ0) is 14.1. The summed E-state index contributed by atoms with van der Waals surface area (Å²) in [6.07, 6.45) is 3.79. The Bertz CT molecular complexity index is 509. The molecule has 2 aliphatic carbocycles. The number of halogens is 1. The molecule has 4 nitrogen and oxygen atoms in total. The molecule has 0 aromatic heterocycles. The van der Waals surface area contributed by atoms with E-state index in [-0.39, 0.29) is 36.3 Å². The van der Waals surface area contributed by atoms with Crippen LogP contribution in [0.5, 0.6) is 0 Å². The normalized spacial score (nSPS) is 31.1. The molecule has 2 unspecified atom stereocenters. The minimum atomic E-state index is -0.520. The number of amides is 1. The van der Waals surface area contributed by atoms with Crippen LogP contribution in [0, 0.1) is 5.92 Å². The van der Waals surface area contributed by atoms with Crippen molar-refractivity contribution in [3.63, 3.8) is 0 Å². The Hall–Kier alpha value is -1.10. The average Bonchev–Trinajstić information content (AvgIpc) is 2.75.